The van der Waals surface area contributed by atoms with Crippen LogP contribution in [0.2, 0.25) is 5.02 Å². The molecule has 4 rings (SSSR count). The molecule has 0 aliphatic heterocycles. The van der Waals surface area contributed by atoms with Crippen LogP contribution in [-0.4, -0.2) is 23.1 Å². The first-order valence-electron chi connectivity index (χ1n) is 8.29. The second-order valence-electron chi connectivity index (χ2n) is 5.90. The van der Waals surface area contributed by atoms with E-state index >= 15 is 0 Å². The second-order valence-corrected chi connectivity index (χ2v) is 7.75. The van der Waals surface area contributed by atoms with E-state index in [0.29, 0.717) is 15.7 Å². The van der Waals surface area contributed by atoms with Crippen LogP contribution >= 0.6 is 35.2 Å². The van der Waals surface area contributed by atoms with Crippen molar-refractivity contribution in [3.8, 4) is 5.75 Å². The van der Waals surface area contributed by atoms with E-state index in [9.17, 15) is 4.79 Å². The Kier molecular flexibility index (Phi) is 5.13. The molecule has 0 bridgehead atoms. The summed E-state index contributed by atoms with van der Waals surface area (Å²) in [5.41, 5.74) is 1.32. The maximum Gasteiger partial charge on any atom is 0.258 e. The third kappa shape index (κ3) is 3.64. The Hall–Kier alpha value is -2.74. The van der Waals surface area contributed by atoms with Crippen LogP contribution in [0.1, 0.15) is 10.4 Å². The van der Waals surface area contributed by atoms with Crippen molar-refractivity contribution < 1.29 is 9.53 Å². The molecule has 8 heteroatoms. The predicted molar refractivity (Wildman–Crippen MR) is 119 cm³/mol. The molecule has 0 fully saturated rings. The van der Waals surface area contributed by atoms with E-state index in [2.05, 4.69) is 15.6 Å². The van der Waals surface area contributed by atoms with Crippen LogP contribution in [0.4, 0.5) is 5.13 Å². The predicted octanol–water partition coefficient (Wildman–Crippen LogP) is 5.24. The molecule has 1 aromatic heterocycles. The van der Waals surface area contributed by atoms with E-state index in [0.717, 1.165) is 26.7 Å². The topological polar surface area (TPSA) is 63.2 Å². The number of carbonyl (C=O) groups excluding carboxylic acids is 1. The molecule has 0 saturated heterocycles. The van der Waals surface area contributed by atoms with Gasteiger partial charge in [-0.15, -0.1) is 0 Å². The van der Waals surface area contributed by atoms with E-state index in [1.54, 1.807) is 25.3 Å². The largest absolute Gasteiger partial charge is 0.497 e. The SMILES string of the molecule is COc1ccc2nc(NC(=S)NC(=O)c3cccc4c(Cl)cccc34)sc2c1. The Labute approximate surface area is 175 Å². The fraction of sp³-hybridized carbons (Fsp3) is 0.0500. The summed E-state index contributed by atoms with van der Waals surface area (Å²) in [6, 6.07) is 16.5. The van der Waals surface area contributed by atoms with E-state index < -0.39 is 0 Å². The van der Waals surface area contributed by atoms with Gasteiger partial charge in [0.15, 0.2) is 10.2 Å². The van der Waals surface area contributed by atoms with Gasteiger partial charge in [0.25, 0.3) is 5.91 Å². The lowest BCUT2D eigenvalue weighted by atomic mass is 10.0. The number of nitrogens with zero attached hydrogens (tertiary/aromatic N) is 1. The van der Waals surface area contributed by atoms with Crippen LogP contribution in [0.25, 0.3) is 21.0 Å². The van der Waals surface area contributed by atoms with E-state index in [4.69, 9.17) is 28.6 Å². The van der Waals surface area contributed by atoms with Gasteiger partial charge in [-0.25, -0.2) is 4.98 Å². The number of anilines is 1. The Bertz CT molecular complexity index is 1220. The number of nitrogens with one attached hydrogen (secondary N) is 2. The van der Waals surface area contributed by atoms with Gasteiger partial charge >= 0.3 is 0 Å². The Balaban J connectivity index is 1.53. The summed E-state index contributed by atoms with van der Waals surface area (Å²) < 4.78 is 6.18. The van der Waals surface area contributed by atoms with Crippen LogP contribution in [0.5, 0.6) is 5.75 Å². The van der Waals surface area contributed by atoms with E-state index in [1.165, 1.54) is 11.3 Å². The Morgan fingerprint density at radius 1 is 1.14 bits per heavy atom. The Morgan fingerprint density at radius 2 is 1.93 bits per heavy atom. The highest BCUT2D eigenvalue weighted by Gasteiger charge is 2.14. The van der Waals surface area contributed by atoms with E-state index in [1.807, 2.05) is 36.4 Å². The van der Waals surface area contributed by atoms with E-state index in [-0.39, 0.29) is 11.0 Å². The van der Waals surface area contributed by atoms with Gasteiger partial charge in [0.1, 0.15) is 5.75 Å². The molecule has 1 amide bonds. The summed E-state index contributed by atoms with van der Waals surface area (Å²) in [6.45, 7) is 0. The number of benzene rings is 3. The number of carbonyl (C=O) groups is 1. The van der Waals surface area contributed by atoms with Crippen molar-refractivity contribution in [3.63, 3.8) is 0 Å². The number of hydrogen-bond acceptors (Lipinski definition) is 5. The van der Waals surface area contributed by atoms with Crippen LogP contribution in [0, 0.1) is 0 Å². The maximum absolute atomic E-state index is 12.7. The molecule has 0 spiro atoms. The lowest BCUT2D eigenvalue weighted by Gasteiger charge is -2.10. The number of hydrogen-bond donors (Lipinski definition) is 2. The standard InChI is InChI=1S/C20H14ClN3O2S2/c1-26-11-8-9-16-17(10-11)28-20(22-16)24-19(27)23-18(25)14-6-2-5-13-12(14)4-3-7-15(13)21/h2-10H,1H3,(H2,22,23,24,25,27). The number of methoxy groups -OCH3 is 1. The molecule has 4 aromatic rings. The highest BCUT2D eigenvalue weighted by molar-refractivity contribution is 7.80. The van der Waals surface area contributed by atoms with Gasteiger partial charge in [-0.2, -0.15) is 0 Å². The molecule has 0 aliphatic rings. The van der Waals surface area contributed by atoms with Crippen molar-refractivity contribution in [2.75, 3.05) is 12.4 Å². The minimum atomic E-state index is -0.312. The van der Waals surface area contributed by atoms with Gasteiger partial charge in [0.2, 0.25) is 0 Å². The molecule has 28 heavy (non-hydrogen) atoms. The van der Waals surface area contributed by atoms with Crippen molar-refractivity contribution in [2.24, 2.45) is 0 Å². The summed E-state index contributed by atoms with van der Waals surface area (Å²) in [4.78, 5) is 17.2. The lowest BCUT2D eigenvalue weighted by molar-refractivity contribution is 0.0979. The first-order chi connectivity index (χ1) is 13.5. The molecule has 0 unspecified atom stereocenters. The van der Waals surface area contributed by atoms with Crippen molar-refractivity contribution in [3.05, 3.63) is 65.2 Å². The first-order valence-corrected chi connectivity index (χ1v) is 9.89. The number of halogens is 1. The quantitative estimate of drug-likeness (QED) is 0.438. The van der Waals surface area contributed by atoms with Gasteiger partial charge in [0, 0.05) is 16.0 Å². The van der Waals surface area contributed by atoms with Gasteiger partial charge in [-0.1, -0.05) is 47.2 Å². The minimum absolute atomic E-state index is 0.176. The maximum atomic E-state index is 12.7. The molecule has 0 saturated carbocycles. The summed E-state index contributed by atoms with van der Waals surface area (Å²) in [7, 11) is 1.62. The van der Waals surface area contributed by atoms with Crippen LogP contribution in [-0.2, 0) is 0 Å². The zero-order chi connectivity index (χ0) is 19.7. The van der Waals surface area contributed by atoms with Crippen LogP contribution in [0.3, 0.4) is 0 Å². The normalized spacial score (nSPS) is 10.8. The number of rotatable bonds is 3. The smallest absolute Gasteiger partial charge is 0.258 e. The lowest BCUT2D eigenvalue weighted by Crippen LogP contribution is -2.34. The molecule has 5 nitrogen and oxygen atoms in total. The highest BCUT2D eigenvalue weighted by atomic mass is 35.5. The fourth-order valence-corrected chi connectivity index (χ4v) is 4.24. The van der Waals surface area contributed by atoms with Gasteiger partial charge in [-0.3, -0.25) is 10.1 Å². The van der Waals surface area contributed by atoms with Crippen molar-refractivity contribution >= 4 is 72.3 Å². The summed E-state index contributed by atoms with van der Waals surface area (Å²) in [5, 5.41) is 8.62. The molecule has 3 aromatic carbocycles. The summed E-state index contributed by atoms with van der Waals surface area (Å²) in [6.07, 6.45) is 0. The van der Waals surface area contributed by atoms with Crippen LogP contribution < -0.4 is 15.4 Å². The zero-order valence-electron chi connectivity index (χ0n) is 14.7. The van der Waals surface area contributed by atoms with Crippen molar-refractivity contribution in [1.82, 2.24) is 10.3 Å². The van der Waals surface area contributed by atoms with Crippen molar-refractivity contribution in [1.29, 1.82) is 0 Å². The zero-order valence-corrected chi connectivity index (χ0v) is 17.0. The summed E-state index contributed by atoms with van der Waals surface area (Å²) >= 11 is 12.9. The highest BCUT2D eigenvalue weighted by Crippen LogP contribution is 2.29. The second kappa shape index (κ2) is 7.71. The van der Waals surface area contributed by atoms with Gasteiger partial charge < -0.3 is 10.1 Å². The van der Waals surface area contributed by atoms with Crippen molar-refractivity contribution in [2.45, 2.75) is 0 Å². The molecular formula is C20H14ClN3O2S2. The minimum Gasteiger partial charge on any atom is -0.497 e. The monoisotopic (exact) mass is 427 g/mol. The Morgan fingerprint density at radius 3 is 2.75 bits per heavy atom. The fourth-order valence-electron chi connectivity index (χ4n) is 2.85. The van der Waals surface area contributed by atoms with Gasteiger partial charge in [0.05, 0.1) is 17.3 Å². The molecule has 140 valence electrons. The van der Waals surface area contributed by atoms with Gasteiger partial charge in [-0.05, 0) is 47.9 Å². The summed E-state index contributed by atoms with van der Waals surface area (Å²) in [5.74, 6) is 0.446. The molecule has 1 heterocycles. The number of aromatic nitrogens is 1. The van der Waals surface area contributed by atoms with Crippen LogP contribution in [0.15, 0.2) is 54.6 Å². The number of thiazole rings is 1. The number of thiocarbonyl (C=S) groups is 1. The number of ether oxygens (including phenoxy) is 1. The third-order valence-corrected chi connectivity index (χ3v) is 5.62. The molecule has 0 atom stereocenters. The number of fused-ring (bicyclic) bond motifs is 2. The molecular weight excluding hydrogens is 414 g/mol. The average molecular weight is 428 g/mol. The molecule has 0 aliphatic carbocycles. The number of amides is 1. The average Bonchev–Trinajstić information content (AvgIpc) is 3.08. The molecule has 2 N–H and O–H groups in total. The third-order valence-electron chi connectivity index (χ3n) is 4.16. The first kappa shape index (κ1) is 18.6. The molecule has 0 radical (unpaired) electrons.